The Bertz CT molecular complexity index is 836. The molecule has 2 aromatic rings. The van der Waals surface area contributed by atoms with Crippen LogP contribution < -0.4 is 10.6 Å². The van der Waals surface area contributed by atoms with E-state index in [0.717, 1.165) is 24.1 Å². The summed E-state index contributed by atoms with van der Waals surface area (Å²) in [6.07, 6.45) is 1.96. The first kappa shape index (κ1) is 23.2. The van der Waals surface area contributed by atoms with E-state index in [1.165, 1.54) is 6.26 Å². The fraction of sp³-hybridized carbons (Fsp3) is 0.316. The number of benzene rings is 2. The zero-order valence-corrected chi connectivity index (χ0v) is 18.6. The molecule has 0 aliphatic rings. The van der Waals surface area contributed by atoms with E-state index < -0.39 is 9.84 Å². The first-order chi connectivity index (χ1) is 12.4. The lowest BCUT2D eigenvalue weighted by Gasteiger charge is -2.11. The van der Waals surface area contributed by atoms with Gasteiger partial charge in [-0.3, -0.25) is 0 Å². The quantitative estimate of drug-likeness (QED) is 0.307. The maximum atomic E-state index is 11.5. The first-order valence-electron chi connectivity index (χ1n) is 8.47. The zero-order valence-electron chi connectivity index (χ0n) is 15.5. The molecule has 0 atom stereocenters. The maximum Gasteiger partial charge on any atom is 0.191 e. The van der Waals surface area contributed by atoms with E-state index in [1.54, 1.807) is 24.3 Å². The van der Waals surface area contributed by atoms with Crippen LogP contribution in [0.2, 0.25) is 0 Å². The number of aromatic hydroxyl groups is 1. The highest BCUT2D eigenvalue weighted by molar-refractivity contribution is 14.0. The second kappa shape index (κ2) is 11.1. The second-order valence-corrected chi connectivity index (χ2v) is 7.97. The molecule has 0 saturated heterocycles. The highest BCUT2D eigenvalue weighted by Gasteiger charge is 2.06. The Morgan fingerprint density at radius 3 is 2.15 bits per heavy atom. The minimum Gasteiger partial charge on any atom is -0.508 e. The van der Waals surface area contributed by atoms with Crippen LogP contribution in [-0.4, -0.2) is 38.8 Å². The minimum absolute atomic E-state index is 0. The van der Waals surface area contributed by atoms with Gasteiger partial charge in [0.25, 0.3) is 0 Å². The number of sulfone groups is 1. The highest BCUT2D eigenvalue weighted by atomic mass is 127. The molecule has 0 saturated carbocycles. The monoisotopic (exact) mass is 503 g/mol. The van der Waals surface area contributed by atoms with Gasteiger partial charge >= 0.3 is 0 Å². The van der Waals surface area contributed by atoms with Crippen molar-refractivity contribution < 1.29 is 13.5 Å². The molecule has 0 spiro atoms. The fourth-order valence-corrected chi connectivity index (χ4v) is 2.97. The molecule has 0 amide bonds. The van der Waals surface area contributed by atoms with E-state index >= 15 is 0 Å². The number of guanidine groups is 1. The van der Waals surface area contributed by atoms with Crippen molar-refractivity contribution in [2.45, 2.75) is 24.8 Å². The number of hydrogen-bond acceptors (Lipinski definition) is 4. The topological polar surface area (TPSA) is 90.8 Å². The van der Waals surface area contributed by atoms with Gasteiger partial charge in [0, 0.05) is 19.3 Å². The van der Waals surface area contributed by atoms with Crippen molar-refractivity contribution in [3.63, 3.8) is 0 Å². The van der Waals surface area contributed by atoms with Crippen LogP contribution in [-0.2, 0) is 22.8 Å². The Morgan fingerprint density at radius 1 is 1.00 bits per heavy atom. The lowest BCUT2D eigenvalue weighted by atomic mass is 10.1. The van der Waals surface area contributed by atoms with Gasteiger partial charge in [0.2, 0.25) is 0 Å². The predicted octanol–water partition coefficient (Wildman–Crippen LogP) is 2.71. The molecule has 0 radical (unpaired) electrons. The summed E-state index contributed by atoms with van der Waals surface area (Å²) in [5, 5.41) is 15.8. The van der Waals surface area contributed by atoms with Crippen LogP contribution in [0.4, 0.5) is 0 Å². The average Bonchev–Trinajstić information content (AvgIpc) is 2.61. The number of phenolic OH excluding ortho intramolecular Hbond substituents is 1. The van der Waals surface area contributed by atoms with Crippen LogP contribution in [0.1, 0.15) is 18.1 Å². The molecule has 27 heavy (non-hydrogen) atoms. The van der Waals surface area contributed by atoms with E-state index in [2.05, 4.69) is 15.6 Å². The van der Waals surface area contributed by atoms with Crippen LogP contribution in [0.25, 0.3) is 0 Å². The molecule has 0 aliphatic carbocycles. The molecule has 0 aromatic heterocycles. The smallest absolute Gasteiger partial charge is 0.191 e. The molecule has 0 fully saturated rings. The van der Waals surface area contributed by atoms with Gasteiger partial charge in [-0.15, -0.1) is 24.0 Å². The molecule has 0 unspecified atom stereocenters. The van der Waals surface area contributed by atoms with Gasteiger partial charge < -0.3 is 15.7 Å². The van der Waals surface area contributed by atoms with Crippen molar-refractivity contribution in [2.24, 2.45) is 4.99 Å². The van der Waals surface area contributed by atoms with Gasteiger partial charge in [-0.2, -0.15) is 0 Å². The SMILES string of the molecule is CCNC(=NCc1ccc(O)cc1)NCCc1ccc(S(C)(=O)=O)cc1.I. The summed E-state index contributed by atoms with van der Waals surface area (Å²) in [6.45, 7) is 3.95. The third-order valence-corrected chi connectivity index (χ3v) is 4.89. The third kappa shape index (κ3) is 8.17. The Balaban J connectivity index is 0.00000364. The molecule has 8 heteroatoms. The summed E-state index contributed by atoms with van der Waals surface area (Å²) < 4.78 is 23.0. The fourth-order valence-electron chi connectivity index (χ4n) is 2.34. The van der Waals surface area contributed by atoms with Crippen LogP contribution in [0.5, 0.6) is 5.75 Å². The summed E-state index contributed by atoms with van der Waals surface area (Å²) in [7, 11) is -3.16. The maximum absolute atomic E-state index is 11.5. The Morgan fingerprint density at radius 2 is 1.59 bits per heavy atom. The molecule has 2 rings (SSSR count). The molecule has 148 valence electrons. The molecule has 2 aromatic carbocycles. The van der Waals surface area contributed by atoms with Crippen molar-refractivity contribution >= 4 is 39.8 Å². The Kier molecular flexibility index (Phi) is 9.57. The Hall–Kier alpha value is -1.81. The predicted molar refractivity (Wildman–Crippen MR) is 120 cm³/mol. The number of nitrogens with zero attached hydrogens (tertiary/aromatic N) is 1. The highest BCUT2D eigenvalue weighted by Crippen LogP contribution is 2.11. The van der Waals surface area contributed by atoms with E-state index in [4.69, 9.17) is 0 Å². The molecular weight excluding hydrogens is 477 g/mol. The third-order valence-electron chi connectivity index (χ3n) is 3.76. The van der Waals surface area contributed by atoms with Crippen molar-refractivity contribution in [1.29, 1.82) is 0 Å². The van der Waals surface area contributed by atoms with E-state index in [1.807, 2.05) is 31.2 Å². The number of hydrogen-bond donors (Lipinski definition) is 3. The molecule has 0 aliphatic heterocycles. The van der Waals surface area contributed by atoms with Gasteiger partial charge in [-0.05, 0) is 48.7 Å². The summed E-state index contributed by atoms with van der Waals surface area (Å²) in [5.41, 5.74) is 2.07. The van der Waals surface area contributed by atoms with Gasteiger partial charge in [-0.25, -0.2) is 13.4 Å². The van der Waals surface area contributed by atoms with Gasteiger partial charge in [0.05, 0.1) is 11.4 Å². The van der Waals surface area contributed by atoms with E-state index in [9.17, 15) is 13.5 Å². The number of nitrogens with one attached hydrogen (secondary N) is 2. The normalized spacial score (nSPS) is 11.6. The molecule has 6 nitrogen and oxygen atoms in total. The minimum atomic E-state index is -3.16. The first-order valence-corrected chi connectivity index (χ1v) is 10.4. The van der Waals surface area contributed by atoms with Gasteiger partial charge in [-0.1, -0.05) is 24.3 Å². The van der Waals surface area contributed by atoms with Crippen LogP contribution in [0.3, 0.4) is 0 Å². The van der Waals surface area contributed by atoms with Crippen LogP contribution in [0, 0.1) is 0 Å². The van der Waals surface area contributed by atoms with E-state index in [0.29, 0.717) is 23.9 Å². The number of rotatable bonds is 7. The molecular formula is C19H26IN3O3S. The van der Waals surface area contributed by atoms with Crippen molar-refractivity contribution in [1.82, 2.24) is 10.6 Å². The molecule has 0 bridgehead atoms. The Labute approximate surface area is 178 Å². The van der Waals surface area contributed by atoms with Crippen LogP contribution in [0.15, 0.2) is 58.4 Å². The van der Waals surface area contributed by atoms with Crippen molar-refractivity contribution in [2.75, 3.05) is 19.3 Å². The number of halogens is 1. The van der Waals surface area contributed by atoms with Gasteiger partial charge in [0.15, 0.2) is 15.8 Å². The standard InChI is InChI=1S/C19H25N3O3S.HI/c1-3-20-19(22-14-16-4-8-17(23)9-5-16)21-13-12-15-6-10-18(11-7-15)26(2,24)25;/h4-11,23H,3,12-14H2,1-2H3,(H2,20,21,22);1H. The lowest BCUT2D eigenvalue weighted by molar-refractivity contribution is 0.475. The lowest BCUT2D eigenvalue weighted by Crippen LogP contribution is -2.38. The largest absolute Gasteiger partial charge is 0.508 e. The van der Waals surface area contributed by atoms with Crippen molar-refractivity contribution in [3.05, 3.63) is 59.7 Å². The molecule has 3 N–H and O–H groups in total. The second-order valence-electron chi connectivity index (χ2n) is 5.95. The summed E-state index contributed by atoms with van der Waals surface area (Å²) in [4.78, 5) is 4.86. The number of phenols is 1. The average molecular weight is 503 g/mol. The van der Waals surface area contributed by atoms with Crippen LogP contribution >= 0.6 is 24.0 Å². The van der Waals surface area contributed by atoms with Gasteiger partial charge in [0.1, 0.15) is 5.75 Å². The summed E-state index contributed by atoms with van der Waals surface area (Å²) >= 11 is 0. The number of aliphatic imine (C=N–C) groups is 1. The molecule has 0 heterocycles. The van der Waals surface area contributed by atoms with E-state index in [-0.39, 0.29) is 29.7 Å². The summed E-state index contributed by atoms with van der Waals surface area (Å²) in [6, 6.07) is 13.9. The zero-order chi connectivity index (χ0) is 19.0. The van der Waals surface area contributed by atoms with Crippen molar-refractivity contribution in [3.8, 4) is 5.75 Å². The summed E-state index contributed by atoms with van der Waals surface area (Å²) in [5.74, 6) is 0.956.